The van der Waals surface area contributed by atoms with Crippen LogP contribution in [0.15, 0.2) is 23.2 Å². The minimum atomic E-state index is -3.70. The Morgan fingerprint density at radius 3 is 2.76 bits per heavy atom. The van der Waals surface area contributed by atoms with Gasteiger partial charge in [0.25, 0.3) is 0 Å². The molecular formula is C15H21N3O2S. The fraction of sp³-hybridized carbons (Fsp3) is 0.600. The number of hydrogen-bond acceptors (Lipinski definition) is 4. The van der Waals surface area contributed by atoms with E-state index in [4.69, 9.17) is 5.26 Å². The summed E-state index contributed by atoms with van der Waals surface area (Å²) in [5.41, 5.74) is -0.0523. The fourth-order valence-electron chi connectivity index (χ4n) is 3.00. The molecule has 1 heterocycles. The van der Waals surface area contributed by atoms with Crippen LogP contribution in [0.3, 0.4) is 0 Å². The van der Waals surface area contributed by atoms with E-state index in [0.29, 0.717) is 5.92 Å². The summed E-state index contributed by atoms with van der Waals surface area (Å²) in [7, 11) is -3.70. The molecule has 0 bridgehead atoms. The van der Waals surface area contributed by atoms with Crippen molar-refractivity contribution in [3.63, 3.8) is 0 Å². The van der Waals surface area contributed by atoms with Gasteiger partial charge in [0, 0.05) is 12.2 Å². The number of sulfonamides is 1. The van der Waals surface area contributed by atoms with Crippen LogP contribution in [-0.2, 0) is 10.0 Å². The molecule has 114 valence electrons. The summed E-state index contributed by atoms with van der Waals surface area (Å²) in [6.07, 6.45) is 7.89. The lowest BCUT2D eigenvalue weighted by atomic mass is 9.83. The van der Waals surface area contributed by atoms with Crippen LogP contribution >= 0.6 is 0 Å². The van der Waals surface area contributed by atoms with E-state index in [2.05, 4.69) is 9.71 Å². The molecular weight excluding hydrogens is 286 g/mol. The lowest BCUT2D eigenvalue weighted by molar-refractivity contribution is 0.285. The zero-order valence-corrected chi connectivity index (χ0v) is 13.1. The first-order valence-electron chi connectivity index (χ1n) is 7.46. The predicted octanol–water partition coefficient (Wildman–Crippen LogP) is 2.59. The van der Waals surface area contributed by atoms with Gasteiger partial charge < -0.3 is 0 Å². The number of nitrogens with zero attached hydrogens (tertiary/aromatic N) is 2. The topological polar surface area (TPSA) is 82.8 Å². The Kier molecular flexibility index (Phi) is 5.32. The second-order valence-corrected chi connectivity index (χ2v) is 7.18. The maximum atomic E-state index is 12.5. The number of nitrogens with one attached hydrogen (secondary N) is 1. The van der Waals surface area contributed by atoms with Crippen molar-refractivity contribution in [2.45, 2.75) is 56.4 Å². The third-order valence-corrected chi connectivity index (χ3v) is 5.65. The molecule has 1 saturated carbocycles. The van der Waals surface area contributed by atoms with Crippen LogP contribution in [0, 0.1) is 17.2 Å². The van der Waals surface area contributed by atoms with Gasteiger partial charge in [0.1, 0.15) is 11.0 Å². The molecule has 0 saturated heterocycles. The highest BCUT2D eigenvalue weighted by atomic mass is 32.2. The van der Waals surface area contributed by atoms with Gasteiger partial charge in [-0.1, -0.05) is 26.2 Å². The molecule has 1 aromatic rings. The Hall–Kier alpha value is -1.45. The van der Waals surface area contributed by atoms with Crippen molar-refractivity contribution in [1.82, 2.24) is 9.71 Å². The summed E-state index contributed by atoms with van der Waals surface area (Å²) in [5, 5.41) is 9.02. The molecule has 0 aromatic carbocycles. The molecule has 1 fully saturated rings. The standard InChI is InChI=1S/C15H21N3O2S/c1-2-13(12-7-4-3-5-8-12)18-21(19,20)15-9-6-10-17-14(15)11-16/h6,9-10,12-13,18H,2-5,7-8H2,1H3. The van der Waals surface area contributed by atoms with E-state index in [0.717, 1.165) is 19.3 Å². The highest BCUT2D eigenvalue weighted by Crippen LogP contribution is 2.28. The molecule has 1 N–H and O–H groups in total. The van der Waals surface area contributed by atoms with E-state index < -0.39 is 10.0 Å². The molecule has 1 aromatic heterocycles. The molecule has 0 radical (unpaired) electrons. The van der Waals surface area contributed by atoms with E-state index in [1.54, 1.807) is 0 Å². The van der Waals surface area contributed by atoms with Crippen molar-refractivity contribution < 1.29 is 8.42 Å². The van der Waals surface area contributed by atoms with Crippen LogP contribution in [0.2, 0.25) is 0 Å². The average Bonchev–Trinajstić information content (AvgIpc) is 2.53. The Bertz CT molecular complexity index is 616. The normalized spacial score (nSPS) is 18.1. The Morgan fingerprint density at radius 1 is 1.43 bits per heavy atom. The molecule has 0 aliphatic heterocycles. The Balaban J connectivity index is 2.21. The van der Waals surface area contributed by atoms with Crippen molar-refractivity contribution >= 4 is 10.0 Å². The van der Waals surface area contributed by atoms with Crippen molar-refractivity contribution in [2.24, 2.45) is 5.92 Å². The molecule has 0 amide bonds. The lowest BCUT2D eigenvalue weighted by Gasteiger charge is -2.30. The summed E-state index contributed by atoms with van der Waals surface area (Å²) in [6, 6.07) is 4.75. The number of nitriles is 1. The van der Waals surface area contributed by atoms with E-state index in [1.165, 1.54) is 37.6 Å². The van der Waals surface area contributed by atoms with Crippen LogP contribution < -0.4 is 4.72 Å². The van der Waals surface area contributed by atoms with Gasteiger partial charge in [-0.2, -0.15) is 5.26 Å². The van der Waals surface area contributed by atoms with Gasteiger partial charge in [0.05, 0.1) is 0 Å². The van der Waals surface area contributed by atoms with Gasteiger partial charge in [0.2, 0.25) is 10.0 Å². The first-order valence-corrected chi connectivity index (χ1v) is 8.94. The van der Waals surface area contributed by atoms with E-state index in [1.807, 2.05) is 13.0 Å². The first kappa shape index (κ1) is 15.9. The van der Waals surface area contributed by atoms with Crippen LogP contribution in [-0.4, -0.2) is 19.4 Å². The van der Waals surface area contributed by atoms with Gasteiger partial charge in [-0.05, 0) is 37.3 Å². The Morgan fingerprint density at radius 2 is 2.14 bits per heavy atom. The van der Waals surface area contributed by atoms with E-state index >= 15 is 0 Å². The predicted molar refractivity (Wildman–Crippen MR) is 79.9 cm³/mol. The molecule has 21 heavy (non-hydrogen) atoms. The van der Waals surface area contributed by atoms with E-state index in [9.17, 15) is 8.42 Å². The maximum absolute atomic E-state index is 12.5. The quantitative estimate of drug-likeness (QED) is 0.906. The highest BCUT2D eigenvalue weighted by Gasteiger charge is 2.28. The fourth-order valence-corrected chi connectivity index (χ4v) is 4.50. The largest absolute Gasteiger partial charge is 0.244 e. The van der Waals surface area contributed by atoms with Gasteiger partial charge in [-0.25, -0.2) is 18.1 Å². The third-order valence-electron chi connectivity index (χ3n) is 4.13. The summed E-state index contributed by atoms with van der Waals surface area (Å²) in [6.45, 7) is 2.00. The van der Waals surface area contributed by atoms with Crippen LogP contribution in [0.1, 0.15) is 51.1 Å². The molecule has 2 rings (SSSR count). The van der Waals surface area contributed by atoms with Crippen LogP contribution in [0.5, 0.6) is 0 Å². The minimum Gasteiger partial charge on any atom is -0.244 e. The number of hydrogen-bond donors (Lipinski definition) is 1. The lowest BCUT2D eigenvalue weighted by Crippen LogP contribution is -2.40. The molecule has 0 spiro atoms. The molecule has 5 nitrogen and oxygen atoms in total. The third kappa shape index (κ3) is 3.80. The zero-order valence-electron chi connectivity index (χ0n) is 12.2. The first-order chi connectivity index (χ1) is 10.1. The molecule has 1 atom stereocenters. The summed E-state index contributed by atoms with van der Waals surface area (Å²) in [4.78, 5) is 3.80. The molecule has 1 aliphatic rings. The van der Waals surface area contributed by atoms with Crippen LogP contribution in [0.4, 0.5) is 0 Å². The number of rotatable bonds is 5. The second kappa shape index (κ2) is 7.01. The SMILES string of the molecule is CCC(NS(=O)(=O)c1cccnc1C#N)C1CCCCC1. The monoisotopic (exact) mass is 307 g/mol. The average molecular weight is 307 g/mol. The van der Waals surface area contributed by atoms with Gasteiger partial charge in [-0.3, -0.25) is 0 Å². The van der Waals surface area contributed by atoms with Crippen molar-refractivity contribution in [2.75, 3.05) is 0 Å². The Labute approximate surface area is 126 Å². The maximum Gasteiger partial charge on any atom is 0.243 e. The molecule has 1 unspecified atom stereocenters. The number of aromatic nitrogens is 1. The van der Waals surface area contributed by atoms with Gasteiger partial charge in [0.15, 0.2) is 5.69 Å². The summed E-state index contributed by atoms with van der Waals surface area (Å²) >= 11 is 0. The van der Waals surface area contributed by atoms with Crippen molar-refractivity contribution in [1.29, 1.82) is 5.26 Å². The summed E-state index contributed by atoms with van der Waals surface area (Å²) in [5.74, 6) is 0.390. The highest BCUT2D eigenvalue weighted by molar-refractivity contribution is 7.89. The van der Waals surface area contributed by atoms with Crippen molar-refractivity contribution in [3.8, 4) is 6.07 Å². The van der Waals surface area contributed by atoms with E-state index in [-0.39, 0.29) is 16.6 Å². The minimum absolute atomic E-state index is 0.0261. The molecule has 6 heteroatoms. The molecule has 1 aliphatic carbocycles. The van der Waals surface area contributed by atoms with Crippen LogP contribution in [0.25, 0.3) is 0 Å². The zero-order chi connectivity index (χ0) is 15.3. The van der Waals surface area contributed by atoms with Crippen molar-refractivity contribution in [3.05, 3.63) is 24.0 Å². The number of pyridine rings is 1. The second-order valence-electron chi connectivity index (χ2n) is 5.50. The summed E-state index contributed by atoms with van der Waals surface area (Å²) < 4.78 is 27.8. The van der Waals surface area contributed by atoms with Gasteiger partial charge >= 0.3 is 0 Å². The smallest absolute Gasteiger partial charge is 0.243 e. The van der Waals surface area contributed by atoms with Gasteiger partial charge in [-0.15, -0.1) is 0 Å².